The summed E-state index contributed by atoms with van der Waals surface area (Å²) >= 11 is 1.20. The number of aromatic nitrogens is 2. The van der Waals surface area contributed by atoms with Gasteiger partial charge in [0, 0.05) is 18.6 Å². The SMILES string of the molecule is Cc1c(C(=O)NC[C@@H]2CC[C@H](CC(=O)O)N2C)sc2nc[nH]c(=O)c12. The van der Waals surface area contributed by atoms with Gasteiger partial charge in [-0.3, -0.25) is 19.3 Å². The fraction of sp³-hybridized carbons (Fsp3) is 0.500. The van der Waals surface area contributed by atoms with Crippen LogP contribution >= 0.6 is 11.3 Å². The zero-order valence-electron chi connectivity index (χ0n) is 14.0. The van der Waals surface area contributed by atoms with Gasteiger partial charge < -0.3 is 15.4 Å². The summed E-state index contributed by atoms with van der Waals surface area (Å²) in [7, 11) is 1.89. The number of aromatic amines is 1. The molecule has 1 fully saturated rings. The fourth-order valence-electron chi connectivity index (χ4n) is 3.37. The van der Waals surface area contributed by atoms with Crippen LogP contribution in [-0.4, -0.2) is 57.5 Å². The Bertz CT molecular complexity index is 875. The lowest BCUT2D eigenvalue weighted by atomic mass is 10.1. The molecule has 1 saturated heterocycles. The zero-order valence-corrected chi connectivity index (χ0v) is 14.9. The van der Waals surface area contributed by atoms with Crippen molar-refractivity contribution in [2.75, 3.05) is 13.6 Å². The maximum atomic E-state index is 12.5. The van der Waals surface area contributed by atoms with Crippen molar-refractivity contribution in [3.63, 3.8) is 0 Å². The van der Waals surface area contributed by atoms with Crippen molar-refractivity contribution in [1.29, 1.82) is 0 Å². The Balaban J connectivity index is 1.68. The maximum absolute atomic E-state index is 12.5. The summed E-state index contributed by atoms with van der Waals surface area (Å²) in [5, 5.41) is 12.3. The van der Waals surface area contributed by atoms with E-state index in [4.69, 9.17) is 5.11 Å². The Kier molecular flexibility index (Phi) is 4.87. The number of rotatable bonds is 5. The predicted octanol–water partition coefficient (Wildman–Crippen LogP) is 0.960. The number of hydrogen-bond acceptors (Lipinski definition) is 6. The summed E-state index contributed by atoms with van der Waals surface area (Å²) in [5.74, 6) is -1.03. The van der Waals surface area contributed by atoms with Gasteiger partial charge in [0.2, 0.25) is 0 Å². The van der Waals surface area contributed by atoms with Crippen LogP contribution in [0.15, 0.2) is 11.1 Å². The van der Waals surface area contributed by atoms with Gasteiger partial charge in [-0.1, -0.05) is 0 Å². The average Bonchev–Trinajstić information content (AvgIpc) is 3.07. The predicted molar refractivity (Wildman–Crippen MR) is 94.1 cm³/mol. The van der Waals surface area contributed by atoms with Crippen molar-refractivity contribution in [3.05, 3.63) is 27.1 Å². The van der Waals surface area contributed by atoms with Crippen LogP contribution in [0.4, 0.5) is 0 Å². The number of nitrogens with zero attached hydrogens (tertiary/aromatic N) is 2. The van der Waals surface area contributed by atoms with Crippen molar-refractivity contribution < 1.29 is 14.7 Å². The van der Waals surface area contributed by atoms with Gasteiger partial charge in [-0.25, -0.2) is 4.98 Å². The Hall–Kier alpha value is -2.26. The molecule has 9 heteroatoms. The third kappa shape index (κ3) is 3.42. The molecule has 3 N–H and O–H groups in total. The Labute approximate surface area is 147 Å². The van der Waals surface area contributed by atoms with Crippen LogP contribution in [0, 0.1) is 6.92 Å². The van der Waals surface area contributed by atoms with Crippen molar-refractivity contribution in [3.8, 4) is 0 Å². The number of likely N-dealkylation sites (tertiary alicyclic amines) is 1. The monoisotopic (exact) mass is 364 g/mol. The number of carbonyl (C=O) groups is 2. The number of carboxylic acids is 1. The van der Waals surface area contributed by atoms with E-state index in [-0.39, 0.29) is 30.0 Å². The molecular formula is C16H20N4O4S. The second-order valence-corrected chi connectivity index (χ2v) is 7.33. The quantitative estimate of drug-likeness (QED) is 0.728. The summed E-state index contributed by atoms with van der Waals surface area (Å²) in [5.41, 5.74) is 0.389. The lowest BCUT2D eigenvalue weighted by molar-refractivity contribution is -0.138. The first-order valence-electron chi connectivity index (χ1n) is 8.07. The molecule has 3 rings (SSSR count). The van der Waals surface area contributed by atoms with Crippen LogP contribution in [0.5, 0.6) is 0 Å². The molecule has 0 aromatic carbocycles. The first-order valence-corrected chi connectivity index (χ1v) is 8.88. The van der Waals surface area contributed by atoms with Crippen LogP contribution in [0.3, 0.4) is 0 Å². The van der Waals surface area contributed by atoms with Crippen LogP contribution in [-0.2, 0) is 4.79 Å². The Morgan fingerprint density at radius 3 is 2.84 bits per heavy atom. The molecule has 0 unspecified atom stereocenters. The summed E-state index contributed by atoms with van der Waals surface area (Å²) in [6, 6.07) is 0.123. The number of thiophene rings is 1. The largest absolute Gasteiger partial charge is 0.481 e. The number of aliphatic carboxylic acids is 1. The van der Waals surface area contributed by atoms with E-state index in [1.807, 2.05) is 11.9 Å². The lowest BCUT2D eigenvalue weighted by Gasteiger charge is -2.25. The van der Waals surface area contributed by atoms with E-state index in [1.165, 1.54) is 17.7 Å². The van der Waals surface area contributed by atoms with Gasteiger partial charge >= 0.3 is 5.97 Å². The molecule has 2 atom stereocenters. The molecule has 1 aliphatic rings. The van der Waals surface area contributed by atoms with Gasteiger partial charge in [-0.15, -0.1) is 11.3 Å². The highest BCUT2D eigenvalue weighted by atomic mass is 32.1. The first-order chi connectivity index (χ1) is 11.9. The number of hydrogen-bond donors (Lipinski definition) is 3. The van der Waals surface area contributed by atoms with E-state index < -0.39 is 5.97 Å². The molecule has 0 radical (unpaired) electrons. The molecule has 1 amide bonds. The Morgan fingerprint density at radius 2 is 2.16 bits per heavy atom. The lowest BCUT2D eigenvalue weighted by Crippen LogP contribution is -2.41. The average molecular weight is 364 g/mol. The van der Waals surface area contributed by atoms with Crippen LogP contribution in [0.25, 0.3) is 10.2 Å². The number of amides is 1. The minimum Gasteiger partial charge on any atom is -0.481 e. The number of nitrogens with one attached hydrogen (secondary N) is 2. The number of H-pyrrole nitrogens is 1. The third-order valence-electron chi connectivity index (χ3n) is 4.83. The highest BCUT2D eigenvalue weighted by molar-refractivity contribution is 7.20. The minimum atomic E-state index is -0.805. The fourth-order valence-corrected chi connectivity index (χ4v) is 4.44. The molecular weight excluding hydrogens is 344 g/mol. The summed E-state index contributed by atoms with van der Waals surface area (Å²) in [6.07, 6.45) is 3.11. The normalized spacial score (nSPS) is 20.9. The van der Waals surface area contributed by atoms with Gasteiger partial charge in [0.25, 0.3) is 11.5 Å². The molecule has 0 aliphatic carbocycles. The molecule has 2 aromatic heterocycles. The molecule has 0 saturated carbocycles. The second kappa shape index (κ2) is 6.93. The van der Waals surface area contributed by atoms with Gasteiger partial charge in [0.1, 0.15) is 4.83 Å². The first kappa shape index (κ1) is 17.6. The molecule has 25 heavy (non-hydrogen) atoms. The van der Waals surface area contributed by atoms with Crippen LogP contribution in [0.1, 0.15) is 34.5 Å². The molecule has 2 aromatic rings. The summed E-state index contributed by atoms with van der Waals surface area (Å²) in [6.45, 7) is 2.19. The van der Waals surface area contributed by atoms with E-state index in [1.54, 1.807) is 6.92 Å². The van der Waals surface area contributed by atoms with E-state index in [0.717, 1.165) is 12.8 Å². The molecule has 0 spiro atoms. The van der Waals surface area contributed by atoms with E-state index in [0.29, 0.717) is 27.2 Å². The van der Waals surface area contributed by atoms with E-state index >= 15 is 0 Å². The van der Waals surface area contributed by atoms with Crippen molar-refractivity contribution in [2.45, 2.75) is 38.3 Å². The number of fused-ring (bicyclic) bond motifs is 1. The second-order valence-electron chi connectivity index (χ2n) is 6.33. The molecule has 134 valence electrons. The highest BCUT2D eigenvalue weighted by Crippen LogP contribution is 2.27. The minimum absolute atomic E-state index is 0.00761. The number of likely N-dealkylation sites (N-methyl/N-ethyl adjacent to an activating group) is 1. The van der Waals surface area contributed by atoms with Gasteiger partial charge in [-0.2, -0.15) is 0 Å². The van der Waals surface area contributed by atoms with Crippen molar-refractivity contribution in [1.82, 2.24) is 20.2 Å². The molecule has 1 aliphatic heterocycles. The standard InChI is InChI=1S/C16H20N4O4S/c1-8-12-14(23)18-7-19-16(12)25-13(8)15(24)17-6-10-4-3-9(20(10)2)5-11(21)22/h7,9-10H,3-6H2,1-2H3,(H,17,24)(H,21,22)(H,18,19,23)/t9-,10+/m1/s1. The van der Waals surface area contributed by atoms with Gasteiger partial charge in [-0.05, 0) is 32.4 Å². The van der Waals surface area contributed by atoms with Gasteiger partial charge in [0.15, 0.2) is 0 Å². The molecule has 3 heterocycles. The van der Waals surface area contributed by atoms with Crippen LogP contribution < -0.4 is 10.9 Å². The zero-order chi connectivity index (χ0) is 18.1. The number of carbonyl (C=O) groups excluding carboxylic acids is 1. The van der Waals surface area contributed by atoms with Gasteiger partial charge in [0.05, 0.1) is 23.0 Å². The number of carboxylic acid groups (broad SMARTS) is 1. The summed E-state index contributed by atoms with van der Waals surface area (Å²) in [4.78, 5) is 45.0. The third-order valence-corrected chi connectivity index (χ3v) is 6.03. The van der Waals surface area contributed by atoms with Crippen molar-refractivity contribution >= 4 is 33.4 Å². The smallest absolute Gasteiger partial charge is 0.304 e. The van der Waals surface area contributed by atoms with Crippen LogP contribution in [0.2, 0.25) is 0 Å². The number of aryl methyl sites for hydroxylation is 1. The topological polar surface area (TPSA) is 115 Å². The molecule has 8 nitrogen and oxygen atoms in total. The molecule has 0 bridgehead atoms. The van der Waals surface area contributed by atoms with E-state index in [9.17, 15) is 14.4 Å². The Morgan fingerprint density at radius 1 is 1.44 bits per heavy atom. The highest BCUT2D eigenvalue weighted by Gasteiger charge is 2.32. The maximum Gasteiger partial charge on any atom is 0.304 e. The van der Waals surface area contributed by atoms with Crippen molar-refractivity contribution in [2.24, 2.45) is 0 Å². The summed E-state index contributed by atoms with van der Waals surface area (Å²) < 4.78 is 0. The van der Waals surface area contributed by atoms with E-state index in [2.05, 4.69) is 15.3 Å².